The first-order valence-corrected chi connectivity index (χ1v) is 5.75. The number of amides is 1. The number of hydrogen-bond acceptors (Lipinski definition) is 3. The van der Waals surface area contributed by atoms with E-state index in [1.54, 1.807) is 42.9 Å². The molecule has 5 N–H and O–H groups in total. The number of pyridine rings is 2. The average Bonchev–Trinajstić information content (AvgIpc) is 2.85. The summed E-state index contributed by atoms with van der Waals surface area (Å²) in [6, 6.07) is 6.96. The number of aromatic nitrogens is 3. The van der Waals surface area contributed by atoms with Crippen molar-refractivity contribution in [2.45, 2.75) is 0 Å². The fourth-order valence-corrected chi connectivity index (χ4v) is 1.84. The number of nitrogens with one attached hydrogen (secondary N) is 3. The van der Waals surface area contributed by atoms with Gasteiger partial charge in [0, 0.05) is 12.3 Å². The Balaban J connectivity index is 1.92. The van der Waals surface area contributed by atoms with E-state index in [1.807, 2.05) is 0 Å². The van der Waals surface area contributed by atoms with Crippen molar-refractivity contribution in [2.75, 3.05) is 11.1 Å². The van der Waals surface area contributed by atoms with Crippen molar-refractivity contribution in [3.8, 4) is 0 Å². The molecule has 94 valence electrons. The van der Waals surface area contributed by atoms with Crippen molar-refractivity contribution in [1.29, 1.82) is 0 Å². The Bertz CT molecular complexity index is 735. The van der Waals surface area contributed by atoms with Crippen LogP contribution in [0, 0.1) is 0 Å². The average molecular weight is 254 g/mol. The van der Waals surface area contributed by atoms with Gasteiger partial charge >= 0.3 is 0 Å². The van der Waals surface area contributed by atoms with Gasteiger partial charge in [-0.1, -0.05) is 0 Å². The summed E-state index contributed by atoms with van der Waals surface area (Å²) in [5.41, 5.74) is 8.83. The van der Waals surface area contributed by atoms with Crippen LogP contribution >= 0.6 is 0 Å². The second-order valence-electron chi connectivity index (χ2n) is 4.09. The highest BCUT2D eigenvalue weighted by Gasteiger charge is 2.12. The van der Waals surface area contributed by atoms with E-state index in [9.17, 15) is 4.79 Å². The van der Waals surface area contributed by atoms with Gasteiger partial charge < -0.3 is 16.0 Å². The molecule has 6 heteroatoms. The van der Waals surface area contributed by atoms with Gasteiger partial charge in [-0.15, -0.1) is 0 Å². The van der Waals surface area contributed by atoms with Gasteiger partial charge in [-0.3, -0.25) is 9.78 Å². The molecule has 0 spiro atoms. The quantitative estimate of drug-likeness (QED) is 0.641. The lowest BCUT2D eigenvalue weighted by molar-refractivity contribution is -0.377. The third-order valence-corrected chi connectivity index (χ3v) is 2.76. The van der Waals surface area contributed by atoms with E-state index in [2.05, 4.69) is 20.3 Å². The van der Waals surface area contributed by atoms with Crippen molar-refractivity contribution in [1.82, 2.24) is 9.97 Å². The van der Waals surface area contributed by atoms with Crippen LogP contribution in [-0.4, -0.2) is 15.9 Å². The van der Waals surface area contributed by atoms with Gasteiger partial charge in [0.15, 0.2) is 12.4 Å². The molecule has 19 heavy (non-hydrogen) atoms. The molecule has 3 rings (SSSR count). The molecule has 0 radical (unpaired) electrons. The number of nitrogens with two attached hydrogens (primary N) is 1. The van der Waals surface area contributed by atoms with Gasteiger partial charge in [-0.2, -0.15) is 0 Å². The SMILES string of the molecule is Nc1ccnc2cc(C(=O)Nc3ccc[nH+]c3)[nH]c12. The van der Waals surface area contributed by atoms with E-state index in [4.69, 9.17) is 5.73 Å². The highest BCUT2D eigenvalue weighted by Crippen LogP contribution is 2.19. The Hall–Kier alpha value is -2.89. The summed E-state index contributed by atoms with van der Waals surface area (Å²) in [5, 5.41) is 2.77. The normalized spacial score (nSPS) is 10.5. The van der Waals surface area contributed by atoms with Crippen LogP contribution in [0.15, 0.2) is 42.9 Å². The number of carbonyl (C=O) groups excluding carboxylic acids is 1. The number of nitrogens with zero attached hydrogens (tertiary/aromatic N) is 1. The summed E-state index contributed by atoms with van der Waals surface area (Å²) in [4.78, 5) is 22.1. The van der Waals surface area contributed by atoms with Crippen molar-refractivity contribution in [2.24, 2.45) is 0 Å². The minimum Gasteiger partial charge on any atom is -0.397 e. The smallest absolute Gasteiger partial charge is 0.272 e. The largest absolute Gasteiger partial charge is 0.397 e. The number of nitrogen functional groups attached to an aromatic ring is 1. The second kappa shape index (κ2) is 4.41. The summed E-state index contributed by atoms with van der Waals surface area (Å²) >= 11 is 0. The Morgan fingerprint density at radius 1 is 1.42 bits per heavy atom. The maximum atomic E-state index is 12.1. The molecule has 0 bridgehead atoms. The van der Waals surface area contributed by atoms with Crippen LogP contribution in [0.25, 0.3) is 11.0 Å². The van der Waals surface area contributed by atoms with Crippen LogP contribution < -0.4 is 16.0 Å². The summed E-state index contributed by atoms with van der Waals surface area (Å²) in [7, 11) is 0. The molecule has 3 aromatic heterocycles. The molecule has 0 aromatic carbocycles. The zero-order chi connectivity index (χ0) is 13.2. The van der Waals surface area contributed by atoms with Gasteiger partial charge in [-0.05, 0) is 18.2 Å². The Morgan fingerprint density at radius 3 is 3.05 bits per heavy atom. The monoisotopic (exact) mass is 254 g/mol. The van der Waals surface area contributed by atoms with E-state index in [-0.39, 0.29) is 5.91 Å². The Kier molecular flexibility index (Phi) is 2.60. The number of hydrogen-bond donors (Lipinski definition) is 3. The molecule has 0 unspecified atom stereocenters. The number of aromatic amines is 2. The maximum absolute atomic E-state index is 12.1. The summed E-state index contributed by atoms with van der Waals surface area (Å²) in [5.74, 6) is -0.239. The number of fused-ring (bicyclic) bond motifs is 1. The van der Waals surface area contributed by atoms with E-state index < -0.39 is 0 Å². The molecule has 3 heterocycles. The van der Waals surface area contributed by atoms with E-state index in [1.165, 1.54) is 0 Å². The van der Waals surface area contributed by atoms with Gasteiger partial charge in [0.1, 0.15) is 11.4 Å². The molecule has 0 saturated carbocycles. The topological polar surface area (TPSA) is 97.9 Å². The fourth-order valence-electron chi connectivity index (χ4n) is 1.84. The van der Waals surface area contributed by atoms with Crippen molar-refractivity contribution < 1.29 is 9.78 Å². The van der Waals surface area contributed by atoms with Crippen molar-refractivity contribution in [3.05, 3.63) is 48.5 Å². The molecule has 0 atom stereocenters. The van der Waals surface area contributed by atoms with Crippen molar-refractivity contribution >= 4 is 28.3 Å². The van der Waals surface area contributed by atoms with Crippen molar-refractivity contribution in [3.63, 3.8) is 0 Å². The standard InChI is InChI=1S/C13H11N5O/c14-9-3-5-16-10-6-11(18-12(9)10)13(19)17-8-2-1-4-15-7-8/h1-7,18H,(H2,14,16)(H,17,19)/p+1. The van der Waals surface area contributed by atoms with Gasteiger partial charge in [0.25, 0.3) is 5.91 Å². The molecule has 3 aromatic rings. The predicted octanol–water partition coefficient (Wildman–Crippen LogP) is 1.21. The first-order chi connectivity index (χ1) is 9.24. The minimum atomic E-state index is -0.239. The van der Waals surface area contributed by atoms with Crippen LogP contribution in [0.5, 0.6) is 0 Å². The minimum absolute atomic E-state index is 0.239. The third-order valence-electron chi connectivity index (χ3n) is 2.76. The zero-order valence-corrected chi connectivity index (χ0v) is 9.97. The predicted molar refractivity (Wildman–Crippen MR) is 71.5 cm³/mol. The molecule has 0 saturated heterocycles. The summed E-state index contributed by atoms with van der Waals surface area (Å²) in [6.45, 7) is 0. The van der Waals surface area contributed by atoms with Gasteiger partial charge in [0.2, 0.25) is 0 Å². The molecule has 0 aliphatic heterocycles. The van der Waals surface area contributed by atoms with Crippen LogP contribution in [0.2, 0.25) is 0 Å². The van der Waals surface area contributed by atoms with Gasteiger partial charge in [-0.25, -0.2) is 4.98 Å². The summed E-state index contributed by atoms with van der Waals surface area (Å²) < 4.78 is 0. The molecule has 0 aliphatic carbocycles. The zero-order valence-electron chi connectivity index (χ0n) is 9.97. The highest BCUT2D eigenvalue weighted by atomic mass is 16.1. The van der Waals surface area contributed by atoms with Crippen LogP contribution in [0.4, 0.5) is 11.4 Å². The third kappa shape index (κ3) is 2.11. The van der Waals surface area contributed by atoms with E-state index in [0.717, 1.165) is 0 Å². The first-order valence-electron chi connectivity index (χ1n) is 5.75. The lowest BCUT2D eigenvalue weighted by atomic mass is 10.3. The van der Waals surface area contributed by atoms with Crippen LogP contribution in [0.3, 0.4) is 0 Å². The molecular formula is C13H12N5O+. The highest BCUT2D eigenvalue weighted by molar-refractivity contribution is 6.06. The van der Waals surface area contributed by atoms with Crippen LogP contribution in [-0.2, 0) is 0 Å². The first kappa shape index (κ1) is 11.2. The molecule has 0 fully saturated rings. The van der Waals surface area contributed by atoms with E-state index in [0.29, 0.717) is 28.1 Å². The lowest BCUT2D eigenvalue weighted by Crippen LogP contribution is -2.14. The number of H-pyrrole nitrogens is 2. The molecule has 0 aliphatic rings. The molecule has 1 amide bonds. The number of anilines is 2. The Morgan fingerprint density at radius 2 is 2.32 bits per heavy atom. The van der Waals surface area contributed by atoms with Gasteiger partial charge in [0.05, 0.1) is 16.7 Å². The molecule has 6 nitrogen and oxygen atoms in total. The van der Waals surface area contributed by atoms with E-state index >= 15 is 0 Å². The summed E-state index contributed by atoms with van der Waals surface area (Å²) in [6.07, 6.45) is 5.08. The number of carbonyl (C=O) groups is 1. The number of rotatable bonds is 2. The lowest BCUT2D eigenvalue weighted by Gasteiger charge is -1.99. The molecular weight excluding hydrogens is 242 g/mol. The fraction of sp³-hybridized carbons (Fsp3) is 0. The van der Waals surface area contributed by atoms with Crippen LogP contribution in [0.1, 0.15) is 10.5 Å². The Labute approximate surface area is 108 Å². The maximum Gasteiger partial charge on any atom is 0.272 e. The second-order valence-corrected chi connectivity index (χ2v) is 4.09.